The van der Waals surface area contributed by atoms with Crippen LogP contribution in [0.15, 0.2) is 18.2 Å². The van der Waals surface area contributed by atoms with Crippen LogP contribution in [-0.2, 0) is 9.53 Å². The number of fused-ring (bicyclic) bond motifs is 1. The van der Waals surface area contributed by atoms with Crippen LogP contribution in [0.2, 0.25) is 0 Å². The predicted octanol–water partition coefficient (Wildman–Crippen LogP) is 0.934. The molecule has 3 amide bonds. The predicted molar refractivity (Wildman–Crippen MR) is 68.0 cm³/mol. The molecule has 1 aromatic carbocycles. The first-order valence-electron chi connectivity index (χ1n) is 5.71. The summed E-state index contributed by atoms with van der Waals surface area (Å²) in [5, 5.41) is 4.83. The van der Waals surface area contributed by atoms with Crippen molar-refractivity contribution >= 4 is 23.4 Å². The number of rotatable bonds is 3. The number of hydrogen-bond donors (Lipinski definition) is 2. The third kappa shape index (κ3) is 2.34. The molecule has 0 saturated heterocycles. The van der Waals surface area contributed by atoms with Gasteiger partial charge < -0.3 is 10.1 Å². The maximum Gasteiger partial charge on any atom is 0.259 e. The molecule has 6 heteroatoms. The number of hydrogen-bond acceptors (Lipinski definition) is 4. The fraction of sp³-hybridized carbons (Fsp3) is 0.308. The van der Waals surface area contributed by atoms with Gasteiger partial charge >= 0.3 is 0 Å². The van der Waals surface area contributed by atoms with Crippen molar-refractivity contribution in [2.24, 2.45) is 0 Å². The van der Waals surface area contributed by atoms with Crippen molar-refractivity contribution in [3.8, 4) is 0 Å². The molecule has 0 radical (unpaired) electrons. The van der Waals surface area contributed by atoms with Gasteiger partial charge in [-0.05, 0) is 32.0 Å². The number of carbonyl (C=O) groups excluding carboxylic acids is 3. The molecule has 0 fully saturated rings. The summed E-state index contributed by atoms with van der Waals surface area (Å²) in [6.45, 7) is 3.26. The molecular formula is C13H14N2O4. The molecule has 2 N–H and O–H groups in total. The Labute approximate surface area is 110 Å². The molecule has 1 aliphatic heterocycles. The topological polar surface area (TPSA) is 84.5 Å². The molecule has 100 valence electrons. The zero-order chi connectivity index (χ0) is 14.2. The van der Waals surface area contributed by atoms with E-state index in [1.807, 2.05) is 0 Å². The minimum atomic E-state index is -0.975. The van der Waals surface area contributed by atoms with Gasteiger partial charge in [-0.3, -0.25) is 19.7 Å². The van der Waals surface area contributed by atoms with E-state index in [2.05, 4.69) is 10.6 Å². The maximum atomic E-state index is 11.9. The molecule has 0 unspecified atom stereocenters. The summed E-state index contributed by atoms with van der Waals surface area (Å²) in [7, 11) is 1.44. The lowest BCUT2D eigenvalue weighted by molar-refractivity contribution is -0.133. The van der Waals surface area contributed by atoms with Gasteiger partial charge in [0.1, 0.15) is 5.60 Å². The molecule has 1 aromatic rings. The molecule has 6 nitrogen and oxygen atoms in total. The first-order chi connectivity index (χ1) is 8.85. The second-order valence-electron chi connectivity index (χ2n) is 4.71. The van der Waals surface area contributed by atoms with Crippen LogP contribution in [0.5, 0.6) is 0 Å². The lowest BCUT2D eigenvalue weighted by Crippen LogP contribution is -2.38. The summed E-state index contributed by atoms with van der Waals surface area (Å²) in [5.41, 5.74) is 0.0441. The minimum absolute atomic E-state index is 0.262. The number of benzene rings is 1. The van der Waals surface area contributed by atoms with Crippen LogP contribution >= 0.6 is 0 Å². The Kier molecular flexibility index (Phi) is 3.11. The third-order valence-electron chi connectivity index (χ3n) is 3.05. The van der Waals surface area contributed by atoms with Gasteiger partial charge in [0.15, 0.2) is 0 Å². The van der Waals surface area contributed by atoms with Crippen molar-refractivity contribution in [3.63, 3.8) is 0 Å². The Morgan fingerprint density at radius 1 is 1.21 bits per heavy atom. The standard InChI is InChI=1S/C13H14N2O4/c1-13(2,19-3)12(18)14-7-4-5-8-9(6-7)11(17)15-10(8)16/h4-6H,1-3H3,(H,14,18)(H,15,16,17). The van der Waals surface area contributed by atoms with Crippen molar-refractivity contribution in [1.29, 1.82) is 0 Å². The number of imide groups is 1. The van der Waals surface area contributed by atoms with Crippen LogP contribution in [0.3, 0.4) is 0 Å². The molecule has 19 heavy (non-hydrogen) atoms. The summed E-state index contributed by atoms with van der Waals surface area (Å²) in [6.07, 6.45) is 0. The van der Waals surface area contributed by atoms with Crippen LogP contribution in [0.1, 0.15) is 34.6 Å². The molecular weight excluding hydrogens is 248 g/mol. The average Bonchev–Trinajstić information content (AvgIpc) is 2.64. The van der Waals surface area contributed by atoms with E-state index in [-0.39, 0.29) is 11.5 Å². The lowest BCUT2D eigenvalue weighted by Gasteiger charge is -2.21. The van der Waals surface area contributed by atoms with Crippen molar-refractivity contribution in [2.75, 3.05) is 12.4 Å². The van der Waals surface area contributed by atoms with E-state index in [4.69, 9.17) is 4.74 Å². The van der Waals surface area contributed by atoms with Gasteiger partial charge in [0, 0.05) is 12.8 Å². The Morgan fingerprint density at radius 3 is 2.47 bits per heavy atom. The Hall–Kier alpha value is -2.21. The van der Waals surface area contributed by atoms with Crippen molar-refractivity contribution < 1.29 is 19.1 Å². The molecule has 0 bridgehead atoms. The smallest absolute Gasteiger partial charge is 0.259 e. The van der Waals surface area contributed by atoms with Crippen LogP contribution in [-0.4, -0.2) is 30.4 Å². The largest absolute Gasteiger partial charge is 0.369 e. The fourth-order valence-corrected chi connectivity index (χ4v) is 1.62. The van der Waals surface area contributed by atoms with Crippen molar-refractivity contribution in [2.45, 2.75) is 19.4 Å². The number of nitrogens with one attached hydrogen (secondary N) is 2. The van der Waals surface area contributed by atoms with Crippen LogP contribution in [0, 0.1) is 0 Å². The zero-order valence-corrected chi connectivity index (χ0v) is 10.9. The van der Waals surface area contributed by atoms with E-state index >= 15 is 0 Å². The number of anilines is 1. The summed E-state index contributed by atoms with van der Waals surface area (Å²) in [5.74, 6) is -1.21. The average molecular weight is 262 g/mol. The third-order valence-corrected chi connectivity index (χ3v) is 3.05. The van der Waals surface area contributed by atoms with Gasteiger partial charge in [-0.2, -0.15) is 0 Å². The fourth-order valence-electron chi connectivity index (χ4n) is 1.62. The highest BCUT2D eigenvalue weighted by atomic mass is 16.5. The van der Waals surface area contributed by atoms with E-state index in [1.165, 1.54) is 19.2 Å². The summed E-state index contributed by atoms with van der Waals surface area (Å²) in [4.78, 5) is 34.8. The highest BCUT2D eigenvalue weighted by molar-refractivity contribution is 6.22. The number of carbonyl (C=O) groups is 3. The molecule has 0 aliphatic carbocycles. The molecule has 0 atom stereocenters. The van der Waals surface area contributed by atoms with E-state index in [0.29, 0.717) is 11.3 Å². The van der Waals surface area contributed by atoms with E-state index < -0.39 is 17.4 Å². The number of amides is 3. The molecule has 0 saturated carbocycles. The van der Waals surface area contributed by atoms with Gasteiger partial charge in [-0.25, -0.2) is 0 Å². The molecule has 1 aliphatic rings. The Bertz CT molecular complexity index is 578. The van der Waals surface area contributed by atoms with Gasteiger partial charge in [0.2, 0.25) is 0 Å². The van der Waals surface area contributed by atoms with E-state index in [1.54, 1.807) is 19.9 Å². The number of methoxy groups -OCH3 is 1. The summed E-state index contributed by atoms with van der Waals surface area (Å²) in [6, 6.07) is 4.55. The quantitative estimate of drug-likeness (QED) is 0.794. The summed E-state index contributed by atoms with van der Waals surface area (Å²) >= 11 is 0. The Balaban J connectivity index is 2.25. The maximum absolute atomic E-state index is 11.9. The Morgan fingerprint density at radius 2 is 1.84 bits per heavy atom. The lowest BCUT2D eigenvalue weighted by atomic mass is 10.1. The molecule has 0 aromatic heterocycles. The highest BCUT2D eigenvalue weighted by Gasteiger charge is 2.29. The number of ether oxygens (including phenoxy) is 1. The van der Waals surface area contributed by atoms with Gasteiger partial charge in [-0.15, -0.1) is 0 Å². The molecule has 2 rings (SSSR count). The zero-order valence-electron chi connectivity index (χ0n) is 10.9. The van der Waals surface area contributed by atoms with Gasteiger partial charge in [0.05, 0.1) is 11.1 Å². The normalized spacial score (nSPS) is 14.1. The van der Waals surface area contributed by atoms with Crippen molar-refractivity contribution in [3.05, 3.63) is 29.3 Å². The van der Waals surface area contributed by atoms with Gasteiger partial charge in [0.25, 0.3) is 17.7 Å². The second kappa shape index (κ2) is 4.47. The SMILES string of the molecule is COC(C)(C)C(=O)Nc1ccc2c(c1)C(=O)NC2=O. The van der Waals surface area contributed by atoms with E-state index in [0.717, 1.165) is 0 Å². The molecule has 1 heterocycles. The van der Waals surface area contributed by atoms with Crippen LogP contribution < -0.4 is 10.6 Å². The van der Waals surface area contributed by atoms with Crippen molar-refractivity contribution in [1.82, 2.24) is 5.32 Å². The first kappa shape index (κ1) is 13.2. The van der Waals surface area contributed by atoms with Crippen LogP contribution in [0.25, 0.3) is 0 Å². The van der Waals surface area contributed by atoms with E-state index in [9.17, 15) is 14.4 Å². The molecule has 0 spiro atoms. The summed E-state index contributed by atoms with van der Waals surface area (Å²) < 4.78 is 5.06. The minimum Gasteiger partial charge on any atom is -0.369 e. The second-order valence-corrected chi connectivity index (χ2v) is 4.71. The first-order valence-corrected chi connectivity index (χ1v) is 5.71. The van der Waals surface area contributed by atoms with Gasteiger partial charge in [-0.1, -0.05) is 0 Å². The monoisotopic (exact) mass is 262 g/mol. The van der Waals surface area contributed by atoms with Crippen LogP contribution in [0.4, 0.5) is 5.69 Å². The highest BCUT2D eigenvalue weighted by Crippen LogP contribution is 2.21.